The molecular weight excluding hydrogens is 376 g/mol. The van der Waals surface area contributed by atoms with Gasteiger partial charge in [0.05, 0.1) is 18.0 Å². The number of carbonyl (C=O) groups excluding carboxylic acids is 1. The fourth-order valence-corrected chi connectivity index (χ4v) is 3.98. The van der Waals surface area contributed by atoms with E-state index in [9.17, 15) is 13.2 Å². The van der Waals surface area contributed by atoms with Gasteiger partial charge in [0.15, 0.2) is 0 Å². The fraction of sp³-hybridized carbons (Fsp3) is 0.278. The van der Waals surface area contributed by atoms with Crippen molar-refractivity contribution in [2.24, 2.45) is 0 Å². The molecule has 1 atom stereocenters. The largest absolute Gasteiger partial charge is 0.488 e. The van der Waals surface area contributed by atoms with Crippen molar-refractivity contribution in [3.05, 3.63) is 59.1 Å². The van der Waals surface area contributed by atoms with Crippen molar-refractivity contribution in [2.45, 2.75) is 17.4 Å². The summed E-state index contributed by atoms with van der Waals surface area (Å²) in [6.07, 6.45) is 0.574. The standard InChI is InChI=1S/C18H19ClN2O4S/c1-21(26(23,24)16-8-6-14(19)7-9-16)12-18(22)20-11-15-10-13-4-2-3-5-17(13)25-15/h2-9,15H,10-12H2,1H3,(H,20,22). The number of hydrogen-bond acceptors (Lipinski definition) is 4. The van der Waals surface area contributed by atoms with Crippen LogP contribution in [0.5, 0.6) is 5.75 Å². The molecule has 138 valence electrons. The van der Waals surface area contributed by atoms with Gasteiger partial charge in [0.2, 0.25) is 15.9 Å². The van der Waals surface area contributed by atoms with Crippen LogP contribution >= 0.6 is 11.6 Å². The molecule has 1 N–H and O–H groups in total. The first-order valence-electron chi connectivity index (χ1n) is 8.09. The minimum Gasteiger partial charge on any atom is -0.488 e. The predicted octanol–water partition coefficient (Wildman–Crippen LogP) is 2.08. The van der Waals surface area contributed by atoms with E-state index >= 15 is 0 Å². The molecule has 0 aliphatic carbocycles. The van der Waals surface area contributed by atoms with Crippen molar-refractivity contribution in [2.75, 3.05) is 20.1 Å². The minimum atomic E-state index is -3.75. The number of fused-ring (bicyclic) bond motifs is 1. The number of hydrogen-bond donors (Lipinski definition) is 1. The highest BCUT2D eigenvalue weighted by Crippen LogP contribution is 2.27. The molecule has 0 aromatic heterocycles. The highest BCUT2D eigenvalue weighted by molar-refractivity contribution is 7.89. The quantitative estimate of drug-likeness (QED) is 0.813. The number of likely N-dealkylation sites (N-methyl/N-ethyl adjacent to an activating group) is 1. The Kier molecular flexibility index (Phi) is 5.50. The third kappa shape index (κ3) is 4.17. The van der Waals surface area contributed by atoms with Gasteiger partial charge in [-0.25, -0.2) is 8.42 Å². The van der Waals surface area contributed by atoms with Crippen molar-refractivity contribution in [3.8, 4) is 5.75 Å². The number of sulfonamides is 1. The SMILES string of the molecule is CN(CC(=O)NCC1Cc2ccccc2O1)S(=O)(=O)c1ccc(Cl)cc1. The molecule has 2 aromatic rings. The second kappa shape index (κ2) is 7.65. The molecule has 0 fully saturated rings. The molecule has 0 radical (unpaired) electrons. The molecular formula is C18H19ClN2O4S. The van der Waals surface area contributed by atoms with E-state index in [-0.39, 0.29) is 23.5 Å². The summed E-state index contributed by atoms with van der Waals surface area (Å²) in [5.74, 6) is 0.443. The molecule has 1 aliphatic heterocycles. The van der Waals surface area contributed by atoms with Crippen LogP contribution in [0.2, 0.25) is 5.02 Å². The maximum Gasteiger partial charge on any atom is 0.243 e. The second-order valence-corrected chi connectivity index (χ2v) is 8.55. The van der Waals surface area contributed by atoms with Gasteiger partial charge < -0.3 is 10.1 Å². The van der Waals surface area contributed by atoms with Crippen LogP contribution in [0.4, 0.5) is 0 Å². The summed E-state index contributed by atoms with van der Waals surface area (Å²) in [6, 6.07) is 13.5. The number of ether oxygens (including phenoxy) is 1. The Balaban J connectivity index is 1.52. The smallest absolute Gasteiger partial charge is 0.243 e. The highest BCUT2D eigenvalue weighted by Gasteiger charge is 2.25. The summed E-state index contributed by atoms with van der Waals surface area (Å²) in [5, 5.41) is 3.18. The Bertz CT molecular complexity index is 875. The lowest BCUT2D eigenvalue weighted by atomic mass is 10.1. The van der Waals surface area contributed by atoms with E-state index in [1.165, 1.54) is 31.3 Å². The monoisotopic (exact) mass is 394 g/mol. The summed E-state index contributed by atoms with van der Waals surface area (Å²) >= 11 is 5.78. The number of benzene rings is 2. The molecule has 0 spiro atoms. The van der Waals surface area contributed by atoms with Crippen LogP contribution in [-0.4, -0.2) is 44.9 Å². The van der Waals surface area contributed by atoms with Crippen molar-refractivity contribution < 1.29 is 17.9 Å². The van der Waals surface area contributed by atoms with Crippen molar-refractivity contribution in [1.29, 1.82) is 0 Å². The van der Waals surface area contributed by atoms with Gasteiger partial charge in [0.1, 0.15) is 11.9 Å². The third-order valence-corrected chi connectivity index (χ3v) is 6.20. The number of carbonyl (C=O) groups is 1. The first-order valence-corrected chi connectivity index (χ1v) is 9.91. The molecule has 6 nitrogen and oxygen atoms in total. The lowest BCUT2D eigenvalue weighted by Gasteiger charge is -2.18. The van der Waals surface area contributed by atoms with E-state index in [0.717, 1.165) is 22.0 Å². The van der Waals surface area contributed by atoms with E-state index in [0.29, 0.717) is 11.6 Å². The number of nitrogens with one attached hydrogen (secondary N) is 1. The van der Waals surface area contributed by atoms with Crippen LogP contribution in [-0.2, 0) is 21.2 Å². The van der Waals surface area contributed by atoms with Gasteiger partial charge in [0.25, 0.3) is 0 Å². The van der Waals surface area contributed by atoms with E-state index < -0.39 is 10.0 Å². The summed E-state index contributed by atoms with van der Waals surface area (Å²) in [5.41, 5.74) is 1.11. The predicted molar refractivity (Wildman–Crippen MR) is 98.8 cm³/mol. The summed E-state index contributed by atoms with van der Waals surface area (Å²) in [7, 11) is -2.38. The molecule has 1 unspecified atom stereocenters. The van der Waals surface area contributed by atoms with Crippen molar-refractivity contribution >= 4 is 27.5 Å². The Morgan fingerprint density at radius 2 is 1.92 bits per heavy atom. The summed E-state index contributed by atoms with van der Waals surface area (Å²) in [6.45, 7) is 0.0486. The summed E-state index contributed by atoms with van der Waals surface area (Å²) in [4.78, 5) is 12.2. The number of para-hydroxylation sites is 1. The minimum absolute atomic E-state index is 0.0896. The molecule has 0 saturated carbocycles. The Morgan fingerprint density at radius 3 is 2.62 bits per heavy atom. The zero-order valence-electron chi connectivity index (χ0n) is 14.2. The Morgan fingerprint density at radius 1 is 1.23 bits per heavy atom. The molecule has 0 saturated heterocycles. The molecule has 3 rings (SSSR count). The zero-order valence-corrected chi connectivity index (χ0v) is 15.8. The number of halogens is 1. The molecule has 1 heterocycles. The zero-order chi connectivity index (χ0) is 18.7. The first-order chi connectivity index (χ1) is 12.4. The van der Waals surface area contributed by atoms with Gasteiger partial charge in [-0.3, -0.25) is 4.79 Å². The summed E-state index contributed by atoms with van der Waals surface area (Å²) < 4.78 is 31.7. The van der Waals surface area contributed by atoms with Gasteiger partial charge in [-0.15, -0.1) is 0 Å². The van der Waals surface area contributed by atoms with Crippen LogP contribution in [0.15, 0.2) is 53.4 Å². The fourth-order valence-electron chi connectivity index (χ4n) is 2.73. The van der Waals surface area contributed by atoms with Crippen LogP contribution in [0.25, 0.3) is 0 Å². The maximum atomic E-state index is 12.5. The average molecular weight is 395 g/mol. The first kappa shape index (κ1) is 18.7. The van der Waals surface area contributed by atoms with Crippen molar-refractivity contribution in [3.63, 3.8) is 0 Å². The van der Waals surface area contributed by atoms with Crippen LogP contribution in [0, 0.1) is 0 Å². The van der Waals surface area contributed by atoms with Crippen LogP contribution < -0.4 is 10.1 Å². The Hall–Kier alpha value is -2.09. The average Bonchev–Trinajstić information content (AvgIpc) is 3.03. The molecule has 0 bridgehead atoms. The number of amides is 1. The van der Waals surface area contributed by atoms with Crippen LogP contribution in [0.3, 0.4) is 0 Å². The van der Waals surface area contributed by atoms with Gasteiger partial charge in [-0.2, -0.15) is 4.31 Å². The number of rotatable bonds is 6. The van der Waals surface area contributed by atoms with Gasteiger partial charge in [-0.05, 0) is 35.9 Å². The maximum absolute atomic E-state index is 12.5. The molecule has 2 aromatic carbocycles. The lowest BCUT2D eigenvalue weighted by Crippen LogP contribution is -2.41. The van der Waals surface area contributed by atoms with Crippen molar-refractivity contribution in [1.82, 2.24) is 9.62 Å². The van der Waals surface area contributed by atoms with E-state index in [4.69, 9.17) is 16.3 Å². The molecule has 1 aliphatic rings. The van der Waals surface area contributed by atoms with Gasteiger partial charge >= 0.3 is 0 Å². The van der Waals surface area contributed by atoms with E-state index in [2.05, 4.69) is 5.32 Å². The molecule has 8 heteroatoms. The van der Waals surface area contributed by atoms with E-state index in [1.807, 2.05) is 24.3 Å². The topological polar surface area (TPSA) is 75.7 Å². The normalized spacial score (nSPS) is 16.2. The molecule has 26 heavy (non-hydrogen) atoms. The Labute approximate surface area is 157 Å². The third-order valence-electron chi connectivity index (χ3n) is 4.13. The molecule has 1 amide bonds. The second-order valence-electron chi connectivity index (χ2n) is 6.07. The van der Waals surface area contributed by atoms with Gasteiger partial charge in [-0.1, -0.05) is 29.8 Å². The van der Waals surface area contributed by atoms with Crippen LogP contribution in [0.1, 0.15) is 5.56 Å². The lowest BCUT2D eigenvalue weighted by molar-refractivity contribution is -0.121. The van der Waals surface area contributed by atoms with Gasteiger partial charge in [0, 0.05) is 18.5 Å². The van der Waals surface area contributed by atoms with E-state index in [1.54, 1.807) is 0 Å². The highest BCUT2D eigenvalue weighted by atomic mass is 35.5. The number of nitrogens with zero attached hydrogens (tertiary/aromatic N) is 1.